The van der Waals surface area contributed by atoms with Crippen LogP contribution in [0, 0.1) is 35.5 Å². The molecule has 7 rings (SSSR count). The third-order valence-corrected chi connectivity index (χ3v) is 7.97. The average molecular weight is 456 g/mol. The Labute approximate surface area is 197 Å². The molecular formula is C28H25NO5. The number of hydrogen-bond acceptors (Lipinski definition) is 5. The number of hydrogen-bond donors (Lipinski definition) is 0. The summed E-state index contributed by atoms with van der Waals surface area (Å²) in [5, 5.41) is 0. The highest BCUT2D eigenvalue weighted by atomic mass is 16.5. The number of carbonyl (C=O) groups excluding carboxylic acids is 4. The Morgan fingerprint density at radius 2 is 1.53 bits per heavy atom. The summed E-state index contributed by atoms with van der Waals surface area (Å²) >= 11 is 0. The van der Waals surface area contributed by atoms with Crippen LogP contribution in [0.3, 0.4) is 0 Å². The summed E-state index contributed by atoms with van der Waals surface area (Å²) in [6.45, 7) is 1.78. The standard InChI is InChI=1S/C28H25NO5/c1-2-22(25(30)15-7-4-3-5-8-15)34-28(33)16-9-6-10-17(13-16)29-26(31)23-18-11-12-19(21-14-20(18)21)24(23)27(29)32/h3-13,18-24H,2,14H2,1H3/t18-,19-,20-,21-,22-,23-,24+/m1/s1. The van der Waals surface area contributed by atoms with Crippen molar-refractivity contribution in [3.8, 4) is 0 Å². The first-order valence-corrected chi connectivity index (χ1v) is 12.0. The maximum atomic E-state index is 13.4. The minimum atomic E-state index is -0.912. The fourth-order valence-corrected chi connectivity index (χ4v) is 6.29. The molecular weight excluding hydrogens is 430 g/mol. The summed E-state index contributed by atoms with van der Waals surface area (Å²) in [6, 6.07) is 15.1. The maximum absolute atomic E-state index is 13.4. The Balaban J connectivity index is 1.23. The van der Waals surface area contributed by atoms with Crippen molar-refractivity contribution >= 4 is 29.3 Å². The monoisotopic (exact) mass is 455 g/mol. The van der Waals surface area contributed by atoms with Gasteiger partial charge in [0.15, 0.2) is 6.10 Å². The van der Waals surface area contributed by atoms with Crippen LogP contribution in [0.15, 0.2) is 66.7 Å². The fourth-order valence-electron chi connectivity index (χ4n) is 6.29. The van der Waals surface area contributed by atoms with Crippen molar-refractivity contribution in [2.75, 3.05) is 4.90 Å². The lowest BCUT2D eigenvalue weighted by molar-refractivity contribution is -0.124. The summed E-state index contributed by atoms with van der Waals surface area (Å²) in [6.07, 6.45) is 4.81. The number of ether oxygens (including phenoxy) is 1. The lowest BCUT2D eigenvalue weighted by Crippen LogP contribution is -2.40. The minimum Gasteiger partial charge on any atom is -0.450 e. The van der Waals surface area contributed by atoms with Gasteiger partial charge in [0, 0.05) is 5.56 Å². The zero-order valence-corrected chi connectivity index (χ0v) is 18.8. The Morgan fingerprint density at radius 1 is 0.912 bits per heavy atom. The van der Waals surface area contributed by atoms with Gasteiger partial charge < -0.3 is 4.74 Å². The molecule has 0 unspecified atom stereocenters. The summed E-state index contributed by atoms with van der Waals surface area (Å²) in [7, 11) is 0. The molecule has 0 radical (unpaired) electrons. The molecule has 2 aromatic rings. The predicted octanol–water partition coefficient (Wildman–Crippen LogP) is 4.06. The molecule has 1 saturated heterocycles. The van der Waals surface area contributed by atoms with E-state index in [1.807, 2.05) is 6.07 Å². The van der Waals surface area contributed by atoms with Gasteiger partial charge >= 0.3 is 5.97 Å². The first-order chi connectivity index (χ1) is 16.5. The van der Waals surface area contributed by atoms with Gasteiger partial charge in [-0.05, 0) is 54.7 Å². The molecule has 34 heavy (non-hydrogen) atoms. The second-order valence-corrected chi connectivity index (χ2v) is 9.75. The molecule has 0 N–H and O–H groups in total. The van der Waals surface area contributed by atoms with Crippen LogP contribution < -0.4 is 4.90 Å². The second-order valence-electron chi connectivity index (χ2n) is 9.75. The lowest BCUT2D eigenvalue weighted by atomic mass is 9.63. The van der Waals surface area contributed by atoms with Gasteiger partial charge in [-0.3, -0.25) is 14.4 Å². The number of anilines is 1. The summed E-state index contributed by atoms with van der Waals surface area (Å²) < 4.78 is 5.54. The zero-order valence-electron chi connectivity index (χ0n) is 18.8. The highest BCUT2D eigenvalue weighted by Gasteiger charge is 2.67. The minimum absolute atomic E-state index is 0.143. The zero-order chi connectivity index (χ0) is 23.6. The quantitative estimate of drug-likeness (QED) is 0.284. The largest absolute Gasteiger partial charge is 0.450 e. The van der Waals surface area contributed by atoms with Gasteiger partial charge in [0.2, 0.25) is 17.6 Å². The van der Waals surface area contributed by atoms with Crippen LogP contribution in [-0.2, 0) is 14.3 Å². The lowest BCUT2D eigenvalue weighted by Gasteiger charge is -2.37. The number of nitrogens with zero attached hydrogens (tertiary/aromatic N) is 1. The highest BCUT2D eigenvalue weighted by Crippen LogP contribution is 2.65. The van der Waals surface area contributed by atoms with E-state index in [0.717, 1.165) is 6.42 Å². The second kappa shape index (κ2) is 7.76. The van der Waals surface area contributed by atoms with Crippen molar-refractivity contribution in [2.45, 2.75) is 25.9 Å². The molecule has 4 aliphatic carbocycles. The SMILES string of the molecule is CC[C@@H](OC(=O)c1cccc(N2C(=O)[C@@H]3[C@@H]4C=C[C@H]([C@H]5C[C@H]45)[C@@H]3C2=O)c1)C(=O)c1ccccc1. The maximum Gasteiger partial charge on any atom is 0.338 e. The third kappa shape index (κ3) is 3.08. The van der Waals surface area contributed by atoms with Gasteiger partial charge in [0.25, 0.3) is 0 Å². The number of amides is 2. The van der Waals surface area contributed by atoms with Crippen LogP contribution >= 0.6 is 0 Å². The number of rotatable bonds is 6. The molecule has 0 spiro atoms. The van der Waals surface area contributed by atoms with E-state index in [9.17, 15) is 19.2 Å². The number of benzene rings is 2. The number of esters is 1. The molecule has 1 heterocycles. The van der Waals surface area contributed by atoms with E-state index in [-0.39, 0.29) is 46.8 Å². The summed E-state index contributed by atoms with van der Waals surface area (Å²) in [4.78, 5) is 53.7. The Kier molecular flexibility index (Phi) is 4.80. The molecule has 6 heteroatoms. The fraction of sp³-hybridized carbons (Fsp3) is 0.357. The predicted molar refractivity (Wildman–Crippen MR) is 124 cm³/mol. The number of ketones is 1. The molecule has 2 saturated carbocycles. The molecule has 2 aromatic carbocycles. The normalized spacial score (nSPS) is 31.1. The van der Waals surface area contributed by atoms with Crippen LogP contribution in [-0.4, -0.2) is 29.7 Å². The van der Waals surface area contributed by atoms with E-state index < -0.39 is 12.1 Å². The first-order valence-electron chi connectivity index (χ1n) is 12.0. The molecule has 0 aromatic heterocycles. The van der Waals surface area contributed by atoms with Crippen LogP contribution in [0.5, 0.6) is 0 Å². The van der Waals surface area contributed by atoms with E-state index in [1.54, 1.807) is 49.4 Å². The van der Waals surface area contributed by atoms with Crippen LogP contribution in [0.4, 0.5) is 5.69 Å². The number of carbonyl (C=O) groups is 4. The Hall–Kier alpha value is -3.54. The van der Waals surface area contributed by atoms with Gasteiger partial charge in [-0.15, -0.1) is 0 Å². The highest BCUT2D eigenvalue weighted by molar-refractivity contribution is 6.23. The van der Waals surface area contributed by atoms with Crippen molar-refractivity contribution in [3.63, 3.8) is 0 Å². The summed E-state index contributed by atoms with van der Waals surface area (Å²) in [5.74, 6) is -0.505. The molecule has 3 fully saturated rings. The van der Waals surface area contributed by atoms with Gasteiger partial charge in [0.05, 0.1) is 23.1 Å². The van der Waals surface area contributed by atoms with Crippen molar-refractivity contribution in [3.05, 3.63) is 77.9 Å². The number of imide groups is 1. The van der Waals surface area contributed by atoms with Gasteiger partial charge in [-0.2, -0.15) is 0 Å². The van der Waals surface area contributed by atoms with Crippen LogP contribution in [0.25, 0.3) is 0 Å². The topological polar surface area (TPSA) is 80.8 Å². The number of allylic oxidation sites excluding steroid dienone is 2. The van der Waals surface area contributed by atoms with Gasteiger partial charge in [-0.25, -0.2) is 9.69 Å². The van der Waals surface area contributed by atoms with Crippen molar-refractivity contribution in [1.29, 1.82) is 0 Å². The van der Waals surface area contributed by atoms with Gasteiger partial charge in [0.1, 0.15) is 0 Å². The third-order valence-electron chi connectivity index (χ3n) is 7.97. The molecule has 172 valence electrons. The molecule has 7 atom stereocenters. The van der Waals surface area contributed by atoms with Gasteiger partial charge in [-0.1, -0.05) is 55.5 Å². The van der Waals surface area contributed by atoms with E-state index in [2.05, 4.69) is 12.2 Å². The van der Waals surface area contributed by atoms with Crippen LogP contribution in [0.1, 0.15) is 40.5 Å². The molecule has 5 aliphatic rings. The van der Waals surface area contributed by atoms with E-state index in [4.69, 9.17) is 4.74 Å². The van der Waals surface area contributed by atoms with Crippen molar-refractivity contribution in [2.24, 2.45) is 35.5 Å². The van der Waals surface area contributed by atoms with E-state index in [0.29, 0.717) is 29.5 Å². The molecule has 2 bridgehead atoms. The average Bonchev–Trinajstić information content (AvgIpc) is 3.65. The smallest absolute Gasteiger partial charge is 0.338 e. The Bertz CT molecular complexity index is 1200. The molecule has 6 nitrogen and oxygen atoms in total. The molecule has 2 amide bonds. The molecule has 1 aliphatic heterocycles. The van der Waals surface area contributed by atoms with E-state index >= 15 is 0 Å². The summed E-state index contributed by atoms with van der Waals surface area (Å²) in [5.41, 5.74) is 1.07. The Morgan fingerprint density at radius 3 is 2.15 bits per heavy atom. The van der Waals surface area contributed by atoms with Crippen molar-refractivity contribution < 1.29 is 23.9 Å². The first kappa shape index (κ1) is 21.0. The van der Waals surface area contributed by atoms with Crippen LogP contribution in [0.2, 0.25) is 0 Å². The van der Waals surface area contributed by atoms with Crippen molar-refractivity contribution in [1.82, 2.24) is 0 Å². The van der Waals surface area contributed by atoms with E-state index in [1.165, 1.54) is 11.0 Å². The number of Topliss-reactive ketones (excluding diaryl/α,β-unsaturated/α-hetero) is 1.